The molecule has 18 heavy (non-hydrogen) atoms. The van der Waals surface area contributed by atoms with Crippen LogP contribution in [0.25, 0.3) is 0 Å². The summed E-state index contributed by atoms with van der Waals surface area (Å²) in [6, 6.07) is 10.5. The molecule has 2 N–H and O–H groups in total. The summed E-state index contributed by atoms with van der Waals surface area (Å²) >= 11 is 0. The minimum Gasteiger partial charge on any atom is -0.352 e. The highest BCUT2D eigenvalue weighted by atomic mass is 16.2. The summed E-state index contributed by atoms with van der Waals surface area (Å²) in [5.41, 5.74) is 0.799. The van der Waals surface area contributed by atoms with Gasteiger partial charge in [-0.3, -0.25) is 4.79 Å². The number of amides is 1. The summed E-state index contributed by atoms with van der Waals surface area (Å²) in [6.07, 6.45) is 1.94. The van der Waals surface area contributed by atoms with Gasteiger partial charge < -0.3 is 10.6 Å². The van der Waals surface area contributed by atoms with Gasteiger partial charge in [-0.05, 0) is 46.2 Å². The predicted octanol–water partition coefficient (Wildman–Crippen LogP) is 2.12. The van der Waals surface area contributed by atoms with E-state index in [1.54, 1.807) is 7.05 Å². The molecule has 0 aliphatic heterocycles. The van der Waals surface area contributed by atoms with Crippen molar-refractivity contribution in [3.05, 3.63) is 35.9 Å². The van der Waals surface area contributed by atoms with Crippen LogP contribution in [0.5, 0.6) is 0 Å². The van der Waals surface area contributed by atoms with Crippen molar-refractivity contribution in [1.29, 1.82) is 0 Å². The van der Waals surface area contributed by atoms with E-state index in [1.807, 2.05) is 39.0 Å². The maximum atomic E-state index is 11.9. The van der Waals surface area contributed by atoms with Gasteiger partial charge in [0.1, 0.15) is 0 Å². The molecule has 0 bridgehead atoms. The first kappa shape index (κ1) is 14.7. The molecular weight excluding hydrogens is 224 g/mol. The lowest BCUT2D eigenvalue weighted by Crippen LogP contribution is -2.53. The van der Waals surface area contributed by atoms with Crippen LogP contribution in [0.2, 0.25) is 0 Å². The summed E-state index contributed by atoms with van der Waals surface area (Å²) in [5.74, 6) is 0.0468. The van der Waals surface area contributed by atoms with Crippen molar-refractivity contribution in [2.75, 3.05) is 7.05 Å². The first-order chi connectivity index (χ1) is 8.45. The average molecular weight is 248 g/mol. The van der Waals surface area contributed by atoms with Crippen molar-refractivity contribution in [1.82, 2.24) is 10.6 Å². The van der Waals surface area contributed by atoms with Gasteiger partial charge in [-0.2, -0.15) is 0 Å². The van der Waals surface area contributed by atoms with Gasteiger partial charge in [-0.15, -0.1) is 0 Å². The Bertz CT molecular complexity index is 373. The van der Waals surface area contributed by atoms with Gasteiger partial charge in [-0.1, -0.05) is 30.3 Å². The molecule has 1 rings (SSSR count). The van der Waals surface area contributed by atoms with Crippen LogP contribution in [-0.2, 0) is 11.2 Å². The molecule has 0 aliphatic carbocycles. The summed E-state index contributed by atoms with van der Waals surface area (Å²) in [6.45, 7) is 5.81. The normalized spacial score (nSPS) is 13.1. The number of nitrogens with one attached hydrogen (secondary N) is 2. The second-order valence-corrected chi connectivity index (χ2v) is 5.27. The third-order valence-electron chi connectivity index (χ3n) is 3.28. The van der Waals surface area contributed by atoms with Crippen LogP contribution in [0.4, 0.5) is 0 Å². The van der Waals surface area contributed by atoms with E-state index in [9.17, 15) is 4.79 Å². The van der Waals surface area contributed by atoms with Crippen molar-refractivity contribution < 1.29 is 4.79 Å². The quantitative estimate of drug-likeness (QED) is 0.809. The summed E-state index contributed by atoms with van der Waals surface area (Å²) < 4.78 is 0. The molecule has 0 aliphatic rings. The van der Waals surface area contributed by atoms with Gasteiger partial charge in [0.25, 0.3) is 0 Å². The molecule has 1 unspecified atom stereocenters. The number of rotatable bonds is 6. The molecule has 1 aromatic carbocycles. The predicted molar refractivity (Wildman–Crippen MR) is 75.5 cm³/mol. The fraction of sp³-hybridized carbons (Fsp3) is 0.533. The van der Waals surface area contributed by atoms with Gasteiger partial charge in [0, 0.05) is 6.04 Å². The second-order valence-electron chi connectivity index (χ2n) is 5.27. The molecule has 0 fully saturated rings. The lowest BCUT2D eigenvalue weighted by atomic mass is 10.0. The van der Waals surface area contributed by atoms with E-state index in [-0.39, 0.29) is 11.9 Å². The number of carbonyl (C=O) groups is 1. The van der Waals surface area contributed by atoms with Crippen LogP contribution >= 0.6 is 0 Å². The number of hydrogen-bond donors (Lipinski definition) is 2. The maximum Gasteiger partial charge on any atom is 0.239 e. The Morgan fingerprint density at radius 1 is 1.28 bits per heavy atom. The van der Waals surface area contributed by atoms with Crippen molar-refractivity contribution in [3.63, 3.8) is 0 Å². The zero-order valence-electron chi connectivity index (χ0n) is 11.8. The smallest absolute Gasteiger partial charge is 0.239 e. The van der Waals surface area contributed by atoms with Crippen molar-refractivity contribution in [3.8, 4) is 0 Å². The average Bonchev–Trinajstić information content (AvgIpc) is 2.37. The molecule has 1 atom stereocenters. The van der Waals surface area contributed by atoms with Gasteiger partial charge >= 0.3 is 0 Å². The van der Waals surface area contributed by atoms with Crippen molar-refractivity contribution in [2.45, 2.75) is 45.2 Å². The Balaban J connectivity index is 2.38. The van der Waals surface area contributed by atoms with Gasteiger partial charge in [0.05, 0.1) is 5.54 Å². The number of hydrogen-bond acceptors (Lipinski definition) is 2. The molecule has 3 heteroatoms. The Hall–Kier alpha value is -1.35. The molecule has 0 saturated heterocycles. The van der Waals surface area contributed by atoms with E-state index in [0.29, 0.717) is 0 Å². The van der Waals surface area contributed by atoms with E-state index in [2.05, 4.69) is 22.8 Å². The first-order valence-corrected chi connectivity index (χ1v) is 6.49. The largest absolute Gasteiger partial charge is 0.352 e. The van der Waals surface area contributed by atoms with E-state index >= 15 is 0 Å². The second kappa shape index (κ2) is 6.55. The van der Waals surface area contributed by atoms with Crippen LogP contribution < -0.4 is 10.6 Å². The summed E-state index contributed by atoms with van der Waals surface area (Å²) in [5, 5.41) is 6.05. The van der Waals surface area contributed by atoms with Crippen LogP contribution in [-0.4, -0.2) is 24.5 Å². The minimum absolute atomic E-state index is 0.0468. The Morgan fingerprint density at radius 3 is 2.44 bits per heavy atom. The molecule has 0 aromatic heterocycles. The van der Waals surface area contributed by atoms with Gasteiger partial charge in [0.2, 0.25) is 5.91 Å². The van der Waals surface area contributed by atoms with Crippen LogP contribution in [0, 0.1) is 0 Å². The standard InChI is InChI=1S/C15H24N2O/c1-12(17-14(18)15(2,3)16-4)10-11-13-8-6-5-7-9-13/h5-9,12,16H,10-11H2,1-4H3,(H,17,18). The summed E-state index contributed by atoms with van der Waals surface area (Å²) in [7, 11) is 1.80. The number of carbonyl (C=O) groups excluding carboxylic acids is 1. The van der Waals surface area contributed by atoms with E-state index in [4.69, 9.17) is 0 Å². The first-order valence-electron chi connectivity index (χ1n) is 6.49. The molecule has 0 radical (unpaired) electrons. The lowest BCUT2D eigenvalue weighted by Gasteiger charge is -2.25. The van der Waals surface area contributed by atoms with Crippen molar-refractivity contribution in [2.24, 2.45) is 0 Å². The van der Waals surface area contributed by atoms with Crippen LogP contribution in [0.3, 0.4) is 0 Å². The minimum atomic E-state index is -0.513. The van der Waals surface area contributed by atoms with Crippen LogP contribution in [0.1, 0.15) is 32.8 Å². The molecule has 0 spiro atoms. The molecule has 1 amide bonds. The van der Waals surface area contributed by atoms with E-state index in [1.165, 1.54) is 5.56 Å². The number of likely N-dealkylation sites (N-methyl/N-ethyl adjacent to an activating group) is 1. The topological polar surface area (TPSA) is 41.1 Å². The number of aryl methyl sites for hydroxylation is 1. The molecule has 0 heterocycles. The van der Waals surface area contributed by atoms with Gasteiger partial charge in [0.15, 0.2) is 0 Å². The fourth-order valence-corrected chi connectivity index (χ4v) is 1.62. The van der Waals surface area contributed by atoms with Crippen molar-refractivity contribution >= 4 is 5.91 Å². The highest BCUT2D eigenvalue weighted by Crippen LogP contribution is 2.06. The molecule has 1 aromatic rings. The Labute approximate surface area is 110 Å². The number of benzene rings is 1. The maximum absolute atomic E-state index is 11.9. The SMILES string of the molecule is CNC(C)(C)C(=O)NC(C)CCc1ccccc1. The molecule has 3 nitrogen and oxygen atoms in total. The molecule has 0 saturated carbocycles. The fourth-order valence-electron chi connectivity index (χ4n) is 1.62. The third kappa shape index (κ3) is 4.49. The monoisotopic (exact) mass is 248 g/mol. The lowest BCUT2D eigenvalue weighted by molar-refractivity contribution is -0.126. The Morgan fingerprint density at radius 2 is 1.89 bits per heavy atom. The zero-order valence-corrected chi connectivity index (χ0v) is 11.8. The molecular formula is C15H24N2O. The highest BCUT2D eigenvalue weighted by molar-refractivity contribution is 5.85. The molecule has 100 valence electrons. The van der Waals surface area contributed by atoms with Crippen LogP contribution in [0.15, 0.2) is 30.3 Å². The van der Waals surface area contributed by atoms with Gasteiger partial charge in [-0.25, -0.2) is 0 Å². The third-order valence-corrected chi connectivity index (χ3v) is 3.28. The van der Waals surface area contributed by atoms with E-state index in [0.717, 1.165) is 12.8 Å². The Kier molecular flexibility index (Phi) is 5.35. The van der Waals surface area contributed by atoms with E-state index < -0.39 is 5.54 Å². The zero-order chi connectivity index (χ0) is 13.6. The summed E-state index contributed by atoms with van der Waals surface area (Å²) in [4.78, 5) is 11.9. The highest BCUT2D eigenvalue weighted by Gasteiger charge is 2.25.